The van der Waals surface area contributed by atoms with E-state index in [1.165, 1.54) is 0 Å². The Bertz CT molecular complexity index is 436. The Morgan fingerprint density at radius 3 is 2.95 bits per heavy atom. The number of hydrogen-bond donors (Lipinski definition) is 1. The molecule has 112 valence electrons. The van der Waals surface area contributed by atoms with Crippen LogP contribution in [0.25, 0.3) is 0 Å². The van der Waals surface area contributed by atoms with Gasteiger partial charge in [-0.3, -0.25) is 0 Å². The Labute approximate surface area is 121 Å². The van der Waals surface area contributed by atoms with Crippen molar-refractivity contribution in [2.24, 2.45) is 0 Å². The van der Waals surface area contributed by atoms with Crippen LogP contribution < -0.4 is 10.2 Å². The fourth-order valence-corrected chi connectivity index (χ4v) is 2.67. The molecule has 0 bridgehead atoms. The predicted molar refractivity (Wildman–Crippen MR) is 80.6 cm³/mol. The van der Waals surface area contributed by atoms with Gasteiger partial charge in [-0.2, -0.15) is 0 Å². The highest BCUT2D eigenvalue weighted by molar-refractivity contribution is 5.54. The molecule has 0 aliphatic carbocycles. The number of ether oxygens (including phenoxy) is 1. The molecule has 1 aromatic carbocycles. The van der Waals surface area contributed by atoms with Crippen LogP contribution in [0.4, 0.5) is 10.1 Å². The lowest BCUT2D eigenvalue weighted by Crippen LogP contribution is -2.40. The molecular formula is C16H25FN2O. The minimum absolute atomic E-state index is 0.172. The van der Waals surface area contributed by atoms with Gasteiger partial charge < -0.3 is 15.0 Å². The number of anilines is 1. The third-order valence-electron chi connectivity index (χ3n) is 3.79. The van der Waals surface area contributed by atoms with E-state index in [0.29, 0.717) is 12.6 Å². The zero-order valence-electron chi connectivity index (χ0n) is 12.7. The highest BCUT2D eigenvalue weighted by Gasteiger charge is 2.21. The van der Waals surface area contributed by atoms with E-state index in [1.807, 2.05) is 6.07 Å². The molecule has 1 unspecified atom stereocenters. The van der Waals surface area contributed by atoms with Gasteiger partial charge in [0.25, 0.3) is 0 Å². The quantitative estimate of drug-likeness (QED) is 0.897. The number of benzene rings is 1. The van der Waals surface area contributed by atoms with Gasteiger partial charge in [-0.1, -0.05) is 13.8 Å². The van der Waals surface area contributed by atoms with Gasteiger partial charge in [0.1, 0.15) is 5.82 Å². The van der Waals surface area contributed by atoms with Crippen LogP contribution in [-0.4, -0.2) is 32.3 Å². The molecule has 1 atom stereocenters. The topological polar surface area (TPSA) is 24.5 Å². The van der Waals surface area contributed by atoms with Crippen molar-refractivity contribution >= 4 is 5.69 Å². The molecule has 1 aliphatic heterocycles. The Hall–Kier alpha value is -1.13. The summed E-state index contributed by atoms with van der Waals surface area (Å²) in [5.41, 5.74) is 2.15. The second-order valence-corrected chi connectivity index (χ2v) is 5.75. The number of nitrogens with one attached hydrogen (secondary N) is 1. The number of methoxy groups -OCH3 is 1. The summed E-state index contributed by atoms with van der Waals surface area (Å²) in [6.07, 6.45) is 2.50. The smallest absolute Gasteiger partial charge is 0.123 e. The summed E-state index contributed by atoms with van der Waals surface area (Å²) in [5.74, 6) is -0.172. The summed E-state index contributed by atoms with van der Waals surface area (Å²) in [4.78, 5) is 2.31. The summed E-state index contributed by atoms with van der Waals surface area (Å²) in [6, 6.07) is 5.47. The van der Waals surface area contributed by atoms with Gasteiger partial charge in [0, 0.05) is 38.5 Å². The monoisotopic (exact) mass is 280 g/mol. The van der Waals surface area contributed by atoms with Gasteiger partial charge in [-0.05, 0) is 36.6 Å². The average molecular weight is 280 g/mol. The summed E-state index contributed by atoms with van der Waals surface area (Å²) >= 11 is 0. The van der Waals surface area contributed by atoms with Crippen LogP contribution in [-0.2, 0) is 11.3 Å². The first-order valence-corrected chi connectivity index (χ1v) is 7.39. The van der Waals surface area contributed by atoms with Gasteiger partial charge >= 0.3 is 0 Å². The van der Waals surface area contributed by atoms with Gasteiger partial charge in [0.05, 0.1) is 6.10 Å². The van der Waals surface area contributed by atoms with Crippen LogP contribution in [0.5, 0.6) is 0 Å². The van der Waals surface area contributed by atoms with E-state index >= 15 is 0 Å². The van der Waals surface area contributed by atoms with Gasteiger partial charge in [-0.15, -0.1) is 0 Å². The molecule has 0 aromatic heterocycles. The molecular weight excluding hydrogens is 255 g/mol. The van der Waals surface area contributed by atoms with Crippen LogP contribution in [0.1, 0.15) is 32.3 Å². The number of nitrogens with zero attached hydrogens (tertiary/aromatic N) is 1. The molecule has 0 saturated carbocycles. The molecule has 0 spiro atoms. The zero-order chi connectivity index (χ0) is 14.5. The second-order valence-electron chi connectivity index (χ2n) is 5.75. The third kappa shape index (κ3) is 3.93. The van der Waals surface area contributed by atoms with E-state index in [9.17, 15) is 4.39 Å². The lowest BCUT2D eigenvalue weighted by atomic mass is 10.0. The molecule has 0 radical (unpaired) electrons. The maximum absolute atomic E-state index is 13.5. The Balaban J connectivity index is 2.16. The van der Waals surface area contributed by atoms with Crippen molar-refractivity contribution in [2.45, 2.75) is 45.4 Å². The van der Waals surface area contributed by atoms with Crippen molar-refractivity contribution in [3.05, 3.63) is 29.6 Å². The first kappa shape index (κ1) is 15.3. The maximum atomic E-state index is 13.5. The van der Waals surface area contributed by atoms with Crippen molar-refractivity contribution in [1.29, 1.82) is 0 Å². The van der Waals surface area contributed by atoms with Crippen LogP contribution in [0.2, 0.25) is 0 Å². The molecule has 2 rings (SSSR count). The molecule has 1 aromatic rings. The molecule has 4 heteroatoms. The minimum atomic E-state index is -0.172. The van der Waals surface area contributed by atoms with Crippen LogP contribution in [0.3, 0.4) is 0 Å². The number of hydrogen-bond acceptors (Lipinski definition) is 3. The highest BCUT2D eigenvalue weighted by atomic mass is 19.1. The summed E-state index contributed by atoms with van der Waals surface area (Å²) in [7, 11) is 1.76. The normalized spacial score (nSPS) is 19.6. The Morgan fingerprint density at radius 2 is 2.25 bits per heavy atom. The van der Waals surface area contributed by atoms with Gasteiger partial charge in [0.2, 0.25) is 0 Å². The van der Waals surface area contributed by atoms with Crippen LogP contribution in [0, 0.1) is 5.82 Å². The predicted octanol–water partition coefficient (Wildman–Crippen LogP) is 2.94. The molecule has 1 aliphatic rings. The molecule has 20 heavy (non-hydrogen) atoms. The number of halogens is 1. The molecule has 3 nitrogen and oxygen atoms in total. The molecule has 1 fully saturated rings. The SMILES string of the molecule is COC1CCCN(c2ccc(F)cc2CNC(C)C)C1. The third-order valence-corrected chi connectivity index (χ3v) is 3.79. The molecule has 1 N–H and O–H groups in total. The van der Waals surface area contributed by atoms with Crippen molar-refractivity contribution in [2.75, 3.05) is 25.1 Å². The van der Waals surface area contributed by atoms with E-state index in [1.54, 1.807) is 19.2 Å². The van der Waals surface area contributed by atoms with Gasteiger partial charge in [-0.25, -0.2) is 4.39 Å². The maximum Gasteiger partial charge on any atom is 0.123 e. The van der Waals surface area contributed by atoms with Crippen molar-refractivity contribution < 1.29 is 9.13 Å². The van der Waals surface area contributed by atoms with Crippen LogP contribution in [0.15, 0.2) is 18.2 Å². The standard InChI is InChI=1S/C16H25FN2O/c1-12(2)18-10-13-9-14(17)6-7-16(13)19-8-4-5-15(11-19)20-3/h6-7,9,12,15,18H,4-5,8,10-11H2,1-3H3. The highest BCUT2D eigenvalue weighted by Crippen LogP contribution is 2.26. The second kappa shape index (κ2) is 7.04. The minimum Gasteiger partial charge on any atom is -0.380 e. The van der Waals surface area contributed by atoms with Crippen molar-refractivity contribution in [3.63, 3.8) is 0 Å². The van der Waals surface area contributed by atoms with Crippen molar-refractivity contribution in [3.8, 4) is 0 Å². The summed E-state index contributed by atoms with van der Waals surface area (Å²) in [5, 5.41) is 3.37. The van der Waals surface area contributed by atoms with Crippen molar-refractivity contribution in [1.82, 2.24) is 5.32 Å². The first-order chi connectivity index (χ1) is 9.60. The molecule has 0 amide bonds. The lowest BCUT2D eigenvalue weighted by molar-refractivity contribution is 0.0893. The average Bonchev–Trinajstić information content (AvgIpc) is 2.45. The Kier molecular flexibility index (Phi) is 5.38. The van der Waals surface area contributed by atoms with E-state index in [4.69, 9.17) is 4.74 Å². The Morgan fingerprint density at radius 1 is 1.45 bits per heavy atom. The van der Waals surface area contributed by atoms with Gasteiger partial charge in [0.15, 0.2) is 0 Å². The molecule has 1 saturated heterocycles. The van der Waals surface area contributed by atoms with E-state index in [-0.39, 0.29) is 11.9 Å². The fourth-order valence-electron chi connectivity index (χ4n) is 2.67. The van der Waals surface area contributed by atoms with E-state index in [0.717, 1.165) is 37.2 Å². The fraction of sp³-hybridized carbons (Fsp3) is 0.625. The number of rotatable bonds is 5. The largest absolute Gasteiger partial charge is 0.380 e. The lowest BCUT2D eigenvalue weighted by Gasteiger charge is -2.35. The molecule has 1 heterocycles. The summed E-state index contributed by atoms with van der Waals surface area (Å²) < 4.78 is 19.0. The van der Waals surface area contributed by atoms with E-state index < -0.39 is 0 Å². The zero-order valence-corrected chi connectivity index (χ0v) is 12.7. The van der Waals surface area contributed by atoms with E-state index in [2.05, 4.69) is 24.1 Å². The van der Waals surface area contributed by atoms with Crippen LogP contribution >= 0.6 is 0 Å². The summed E-state index contributed by atoms with van der Waals surface area (Å²) in [6.45, 7) is 6.79. The number of piperidine rings is 1. The first-order valence-electron chi connectivity index (χ1n) is 7.39.